The molecule has 0 saturated carbocycles. The van der Waals surface area contributed by atoms with Gasteiger partial charge in [0, 0.05) is 15.6 Å². The van der Waals surface area contributed by atoms with E-state index in [9.17, 15) is 14.7 Å². The number of aliphatic carboxylic acids is 1. The van der Waals surface area contributed by atoms with Gasteiger partial charge < -0.3 is 10.4 Å². The van der Waals surface area contributed by atoms with Crippen molar-refractivity contribution in [1.82, 2.24) is 5.32 Å². The highest BCUT2D eigenvalue weighted by atomic mass is 127. The lowest BCUT2D eigenvalue weighted by atomic mass is 10.1. The van der Waals surface area contributed by atoms with Crippen LogP contribution in [0.25, 0.3) is 0 Å². The summed E-state index contributed by atoms with van der Waals surface area (Å²) >= 11 is 2.16. The highest BCUT2D eigenvalue weighted by Crippen LogP contribution is 2.14. The number of hydrogen-bond acceptors (Lipinski definition) is 2. The fourth-order valence-corrected chi connectivity index (χ4v) is 2.52. The second-order valence-electron chi connectivity index (χ2n) is 4.53. The Morgan fingerprint density at radius 1 is 1.05 bits per heavy atom. The molecule has 0 aromatic heterocycles. The molecule has 0 heterocycles. The molecule has 0 aliphatic rings. The Bertz CT molecular complexity index is 643. The zero-order valence-corrected chi connectivity index (χ0v) is 13.3. The first-order valence-corrected chi connectivity index (χ1v) is 7.48. The van der Waals surface area contributed by atoms with Crippen LogP contribution in [0.15, 0.2) is 54.6 Å². The van der Waals surface area contributed by atoms with Crippen LogP contribution in [0.5, 0.6) is 0 Å². The lowest BCUT2D eigenvalue weighted by molar-refractivity contribution is -0.139. The summed E-state index contributed by atoms with van der Waals surface area (Å²) in [5.74, 6) is -1.42. The van der Waals surface area contributed by atoms with Crippen LogP contribution in [0.4, 0.5) is 0 Å². The van der Waals surface area contributed by atoms with Gasteiger partial charge in [-0.05, 0) is 46.4 Å². The Morgan fingerprint density at radius 2 is 1.67 bits per heavy atom. The van der Waals surface area contributed by atoms with Crippen molar-refractivity contribution in [1.29, 1.82) is 0 Å². The number of carbonyl (C=O) groups is 2. The molecular formula is C16H14INO3. The molecule has 0 radical (unpaired) electrons. The molecule has 0 aliphatic carbocycles. The van der Waals surface area contributed by atoms with E-state index in [-0.39, 0.29) is 12.3 Å². The smallest absolute Gasteiger partial charge is 0.326 e. The van der Waals surface area contributed by atoms with Gasteiger partial charge in [-0.15, -0.1) is 0 Å². The number of rotatable bonds is 5. The molecule has 2 N–H and O–H groups in total. The van der Waals surface area contributed by atoms with Crippen molar-refractivity contribution in [2.24, 2.45) is 0 Å². The first-order chi connectivity index (χ1) is 10.1. The van der Waals surface area contributed by atoms with E-state index in [0.29, 0.717) is 5.56 Å². The molecule has 0 unspecified atom stereocenters. The molecule has 2 aromatic carbocycles. The minimum atomic E-state index is -1.04. The van der Waals surface area contributed by atoms with E-state index in [1.807, 2.05) is 24.3 Å². The molecule has 108 valence electrons. The van der Waals surface area contributed by atoms with E-state index in [0.717, 1.165) is 9.13 Å². The molecule has 0 bridgehead atoms. The number of nitrogens with one attached hydrogen (secondary N) is 1. The van der Waals surface area contributed by atoms with E-state index < -0.39 is 12.0 Å². The average Bonchev–Trinajstić information content (AvgIpc) is 2.49. The molecular weight excluding hydrogens is 381 g/mol. The lowest BCUT2D eigenvalue weighted by Gasteiger charge is -2.15. The SMILES string of the molecule is O=C(N[C@@H](Cc1ccccc1I)C(=O)O)c1ccccc1. The monoisotopic (exact) mass is 395 g/mol. The molecule has 2 rings (SSSR count). The number of benzene rings is 2. The van der Waals surface area contributed by atoms with Crippen molar-refractivity contribution in [2.45, 2.75) is 12.5 Å². The number of carbonyl (C=O) groups excluding carboxylic acids is 1. The van der Waals surface area contributed by atoms with Crippen molar-refractivity contribution in [3.05, 3.63) is 69.3 Å². The van der Waals surface area contributed by atoms with Gasteiger partial charge in [0.2, 0.25) is 0 Å². The molecule has 0 spiro atoms. The van der Waals surface area contributed by atoms with Gasteiger partial charge in [-0.2, -0.15) is 0 Å². The zero-order valence-electron chi connectivity index (χ0n) is 11.1. The normalized spacial score (nSPS) is 11.7. The number of amides is 1. The summed E-state index contributed by atoms with van der Waals surface area (Å²) in [6.45, 7) is 0. The fourth-order valence-electron chi connectivity index (χ4n) is 1.92. The Morgan fingerprint density at radius 3 is 2.29 bits per heavy atom. The quantitative estimate of drug-likeness (QED) is 0.766. The highest BCUT2D eigenvalue weighted by molar-refractivity contribution is 14.1. The number of carboxylic acid groups (broad SMARTS) is 1. The summed E-state index contributed by atoms with van der Waals surface area (Å²) in [6, 6.07) is 15.2. The Labute approximate surface area is 136 Å². The third kappa shape index (κ3) is 4.29. The molecule has 0 aliphatic heterocycles. The highest BCUT2D eigenvalue weighted by Gasteiger charge is 2.21. The van der Waals surface area contributed by atoms with E-state index in [2.05, 4.69) is 27.9 Å². The second kappa shape index (κ2) is 7.21. The van der Waals surface area contributed by atoms with Crippen LogP contribution in [0.1, 0.15) is 15.9 Å². The van der Waals surface area contributed by atoms with Crippen LogP contribution >= 0.6 is 22.6 Å². The van der Waals surface area contributed by atoms with Crippen LogP contribution < -0.4 is 5.32 Å². The summed E-state index contributed by atoms with van der Waals surface area (Å²) < 4.78 is 0.982. The van der Waals surface area contributed by atoms with E-state index in [1.54, 1.807) is 30.3 Å². The maximum atomic E-state index is 12.1. The van der Waals surface area contributed by atoms with E-state index >= 15 is 0 Å². The molecule has 21 heavy (non-hydrogen) atoms. The molecule has 2 aromatic rings. The summed E-state index contributed by atoms with van der Waals surface area (Å²) in [5, 5.41) is 11.9. The van der Waals surface area contributed by atoms with Crippen LogP contribution in [-0.2, 0) is 11.2 Å². The Kier molecular flexibility index (Phi) is 5.32. The maximum Gasteiger partial charge on any atom is 0.326 e. The minimum Gasteiger partial charge on any atom is -0.480 e. The van der Waals surface area contributed by atoms with Crippen LogP contribution in [0, 0.1) is 3.57 Å². The lowest BCUT2D eigenvalue weighted by Crippen LogP contribution is -2.42. The average molecular weight is 395 g/mol. The third-order valence-corrected chi connectivity index (χ3v) is 4.07. The molecule has 4 nitrogen and oxygen atoms in total. The molecule has 5 heteroatoms. The van der Waals surface area contributed by atoms with Crippen LogP contribution in [0.2, 0.25) is 0 Å². The van der Waals surface area contributed by atoms with Gasteiger partial charge in [0.1, 0.15) is 6.04 Å². The first-order valence-electron chi connectivity index (χ1n) is 6.40. The summed E-state index contributed by atoms with van der Waals surface area (Å²) in [4.78, 5) is 23.4. The van der Waals surface area contributed by atoms with E-state index in [4.69, 9.17) is 0 Å². The van der Waals surface area contributed by atoms with Gasteiger partial charge in [-0.25, -0.2) is 4.79 Å². The van der Waals surface area contributed by atoms with Gasteiger partial charge in [0.05, 0.1) is 0 Å². The van der Waals surface area contributed by atoms with Crippen molar-refractivity contribution in [3.8, 4) is 0 Å². The first kappa shape index (κ1) is 15.5. The van der Waals surface area contributed by atoms with Gasteiger partial charge in [0.25, 0.3) is 5.91 Å². The molecule has 1 atom stereocenters. The second-order valence-corrected chi connectivity index (χ2v) is 5.69. The van der Waals surface area contributed by atoms with Gasteiger partial charge in [-0.3, -0.25) is 4.79 Å². The Balaban J connectivity index is 2.12. The Hall–Kier alpha value is -1.89. The van der Waals surface area contributed by atoms with Crippen molar-refractivity contribution in [2.75, 3.05) is 0 Å². The van der Waals surface area contributed by atoms with Crippen LogP contribution in [-0.4, -0.2) is 23.0 Å². The largest absolute Gasteiger partial charge is 0.480 e. The van der Waals surface area contributed by atoms with Crippen molar-refractivity contribution < 1.29 is 14.7 Å². The summed E-state index contributed by atoms with van der Waals surface area (Å²) in [6.07, 6.45) is 0.257. The third-order valence-electron chi connectivity index (χ3n) is 3.02. The minimum absolute atomic E-state index is 0.257. The van der Waals surface area contributed by atoms with Gasteiger partial charge in [-0.1, -0.05) is 36.4 Å². The molecule has 1 amide bonds. The number of carboxylic acids is 1. The fraction of sp³-hybridized carbons (Fsp3) is 0.125. The number of hydrogen-bond donors (Lipinski definition) is 2. The predicted molar refractivity (Wildman–Crippen MR) is 88.2 cm³/mol. The standard InChI is InChI=1S/C16H14INO3/c17-13-9-5-4-8-12(13)10-14(16(20)21)18-15(19)11-6-2-1-3-7-11/h1-9,14H,10H2,(H,18,19)(H,20,21)/t14-/m0/s1. The van der Waals surface area contributed by atoms with E-state index in [1.165, 1.54) is 0 Å². The topological polar surface area (TPSA) is 66.4 Å². The predicted octanol–water partition coefficient (Wildman–Crippen LogP) is 2.72. The molecule has 0 fully saturated rings. The van der Waals surface area contributed by atoms with Gasteiger partial charge in [0.15, 0.2) is 0 Å². The summed E-state index contributed by atoms with van der Waals surface area (Å²) in [5.41, 5.74) is 1.35. The van der Waals surface area contributed by atoms with Crippen molar-refractivity contribution in [3.63, 3.8) is 0 Å². The van der Waals surface area contributed by atoms with Crippen LogP contribution in [0.3, 0.4) is 0 Å². The molecule has 0 saturated heterocycles. The summed E-state index contributed by atoms with van der Waals surface area (Å²) in [7, 11) is 0. The maximum absolute atomic E-state index is 12.1. The van der Waals surface area contributed by atoms with Crippen molar-refractivity contribution >= 4 is 34.5 Å². The zero-order chi connectivity index (χ0) is 15.2. The number of halogens is 1. The van der Waals surface area contributed by atoms with Gasteiger partial charge >= 0.3 is 5.97 Å².